The van der Waals surface area contributed by atoms with Crippen LogP contribution in [0.25, 0.3) is 0 Å². The molecule has 0 bridgehead atoms. The molecule has 3 amide bonds. The molecule has 1 atom stereocenters. The minimum absolute atomic E-state index is 0.153. The molecule has 1 saturated carbocycles. The molecule has 2 aromatic rings. The highest BCUT2D eigenvalue weighted by atomic mass is 16.5. The van der Waals surface area contributed by atoms with Gasteiger partial charge in [0.15, 0.2) is 5.69 Å². The summed E-state index contributed by atoms with van der Waals surface area (Å²) in [7, 11) is 0. The lowest BCUT2D eigenvalue weighted by molar-refractivity contribution is -0.133. The number of ether oxygens (including phenoxy) is 1. The quantitative estimate of drug-likeness (QED) is 0.492. The van der Waals surface area contributed by atoms with Crippen molar-refractivity contribution in [1.82, 2.24) is 25.3 Å². The largest absolute Gasteiger partial charge is 0.494 e. The van der Waals surface area contributed by atoms with Gasteiger partial charge in [-0.3, -0.25) is 19.1 Å². The van der Waals surface area contributed by atoms with E-state index in [4.69, 9.17) is 4.74 Å². The second kappa shape index (κ2) is 11.1. The fraction of sp³-hybridized carbons (Fsp3) is 0.556. The molecule has 0 radical (unpaired) electrons. The number of aromatic nitrogens is 2. The number of amides is 3. The Hall–Kier alpha value is -3.36. The number of carbonyl (C=O) groups is 3. The number of rotatable bonds is 10. The summed E-state index contributed by atoms with van der Waals surface area (Å²) >= 11 is 0. The Balaban J connectivity index is 1.42. The van der Waals surface area contributed by atoms with Gasteiger partial charge in [-0.15, -0.1) is 0 Å². The highest BCUT2D eigenvalue weighted by molar-refractivity contribution is 6.01. The predicted molar refractivity (Wildman–Crippen MR) is 136 cm³/mol. The Kier molecular flexibility index (Phi) is 7.96. The van der Waals surface area contributed by atoms with Crippen molar-refractivity contribution in [2.45, 2.75) is 84.0 Å². The van der Waals surface area contributed by atoms with Gasteiger partial charge in [0, 0.05) is 25.2 Å². The van der Waals surface area contributed by atoms with Gasteiger partial charge >= 0.3 is 0 Å². The highest BCUT2D eigenvalue weighted by Crippen LogP contribution is 2.28. The number of hydrogen-bond donors (Lipinski definition) is 2. The van der Waals surface area contributed by atoms with Crippen LogP contribution in [0.15, 0.2) is 30.3 Å². The zero-order valence-corrected chi connectivity index (χ0v) is 21.5. The minimum Gasteiger partial charge on any atom is -0.494 e. The van der Waals surface area contributed by atoms with Gasteiger partial charge in [0.25, 0.3) is 11.8 Å². The molecule has 9 heteroatoms. The van der Waals surface area contributed by atoms with Gasteiger partial charge in [0.1, 0.15) is 17.0 Å². The monoisotopic (exact) mass is 495 g/mol. The molecule has 2 heterocycles. The number of benzene rings is 1. The van der Waals surface area contributed by atoms with Crippen LogP contribution in [0.3, 0.4) is 0 Å². The van der Waals surface area contributed by atoms with E-state index in [1.54, 1.807) is 11.8 Å². The molecule has 0 saturated heterocycles. The van der Waals surface area contributed by atoms with E-state index in [2.05, 4.69) is 22.7 Å². The third-order valence-electron chi connectivity index (χ3n) is 7.17. The number of fused-ring (bicyclic) bond motifs is 1. The molecule has 1 fully saturated rings. The average Bonchev–Trinajstić information content (AvgIpc) is 3.54. The smallest absolute Gasteiger partial charge is 0.273 e. The van der Waals surface area contributed by atoms with E-state index in [1.807, 2.05) is 31.2 Å². The van der Waals surface area contributed by atoms with E-state index < -0.39 is 5.54 Å². The van der Waals surface area contributed by atoms with Crippen LogP contribution < -0.4 is 15.4 Å². The lowest BCUT2D eigenvalue weighted by atomic mass is 9.94. The second-order valence-corrected chi connectivity index (χ2v) is 9.88. The number of nitrogens with zero attached hydrogens (tertiary/aromatic N) is 3. The zero-order valence-electron chi connectivity index (χ0n) is 21.5. The molecule has 2 aliphatic rings. The van der Waals surface area contributed by atoms with Crippen LogP contribution in [0.2, 0.25) is 0 Å². The molecule has 9 nitrogen and oxygen atoms in total. The third-order valence-corrected chi connectivity index (χ3v) is 7.17. The van der Waals surface area contributed by atoms with E-state index in [0.29, 0.717) is 25.4 Å². The molecule has 1 aliphatic heterocycles. The van der Waals surface area contributed by atoms with Crippen molar-refractivity contribution in [3.05, 3.63) is 47.3 Å². The molecule has 0 unspecified atom stereocenters. The molecule has 36 heavy (non-hydrogen) atoms. The van der Waals surface area contributed by atoms with Gasteiger partial charge in [-0.2, -0.15) is 5.10 Å². The fourth-order valence-electron chi connectivity index (χ4n) is 4.97. The van der Waals surface area contributed by atoms with E-state index >= 15 is 0 Å². The highest BCUT2D eigenvalue weighted by Gasteiger charge is 2.48. The summed E-state index contributed by atoms with van der Waals surface area (Å²) in [4.78, 5) is 41.0. The van der Waals surface area contributed by atoms with Crippen molar-refractivity contribution in [1.29, 1.82) is 0 Å². The summed E-state index contributed by atoms with van der Waals surface area (Å²) in [5.41, 5.74) is 0.345. The summed E-state index contributed by atoms with van der Waals surface area (Å²) in [6.45, 7) is 7.36. The first kappa shape index (κ1) is 25.7. The number of unbranched alkanes of at least 4 members (excludes halogenated alkanes) is 1. The average molecular weight is 496 g/mol. The topological polar surface area (TPSA) is 106 Å². The van der Waals surface area contributed by atoms with Crippen LogP contribution in [0, 0.1) is 0 Å². The SMILES string of the molecule is CCCCOc1ccc(CNC(=O)c2cc3n(n2)C[C@](C)(C(=O)NC2CCCC2)N(CC)C3=O)cc1. The van der Waals surface area contributed by atoms with Crippen molar-refractivity contribution in [3.8, 4) is 5.75 Å². The Morgan fingerprint density at radius 3 is 2.56 bits per heavy atom. The fourth-order valence-corrected chi connectivity index (χ4v) is 4.97. The van der Waals surface area contributed by atoms with Crippen molar-refractivity contribution in [2.24, 2.45) is 0 Å². The van der Waals surface area contributed by atoms with Crippen LogP contribution in [-0.4, -0.2) is 57.1 Å². The number of carbonyl (C=O) groups excluding carboxylic acids is 3. The summed E-state index contributed by atoms with van der Waals surface area (Å²) in [5, 5.41) is 10.4. The van der Waals surface area contributed by atoms with Gasteiger partial charge in [-0.1, -0.05) is 38.3 Å². The van der Waals surface area contributed by atoms with E-state index in [1.165, 1.54) is 10.7 Å². The van der Waals surface area contributed by atoms with Crippen molar-refractivity contribution < 1.29 is 19.1 Å². The summed E-state index contributed by atoms with van der Waals surface area (Å²) in [6.07, 6.45) is 6.24. The van der Waals surface area contributed by atoms with Crippen LogP contribution in [0.1, 0.15) is 85.8 Å². The first-order valence-electron chi connectivity index (χ1n) is 13.1. The molecular weight excluding hydrogens is 458 g/mol. The van der Waals surface area contributed by atoms with Crippen LogP contribution in [-0.2, 0) is 17.9 Å². The van der Waals surface area contributed by atoms with Crippen LogP contribution >= 0.6 is 0 Å². The van der Waals surface area contributed by atoms with Gasteiger partial charge in [-0.05, 0) is 50.8 Å². The summed E-state index contributed by atoms with van der Waals surface area (Å²) in [5.74, 6) is -0.0238. The molecule has 1 aromatic carbocycles. The zero-order chi connectivity index (χ0) is 25.7. The van der Waals surface area contributed by atoms with Gasteiger partial charge in [0.2, 0.25) is 5.91 Å². The maximum atomic E-state index is 13.3. The Bertz CT molecular complexity index is 1090. The van der Waals surface area contributed by atoms with Crippen molar-refractivity contribution in [2.75, 3.05) is 13.2 Å². The molecule has 1 aromatic heterocycles. The van der Waals surface area contributed by atoms with Crippen molar-refractivity contribution >= 4 is 17.7 Å². The molecule has 1 aliphatic carbocycles. The number of nitrogens with one attached hydrogen (secondary N) is 2. The van der Waals surface area contributed by atoms with Crippen LogP contribution in [0.5, 0.6) is 5.75 Å². The molecule has 2 N–H and O–H groups in total. The Morgan fingerprint density at radius 1 is 1.17 bits per heavy atom. The van der Waals surface area contributed by atoms with Gasteiger partial charge in [-0.25, -0.2) is 0 Å². The summed E-state index contributed by atoms with van der Waals surface area (Å²) in [6, 6.07) is 9.28. The molecule has 0 spiro atoms. The lowest BCUT2D eigenvalue weighted by Gasteiger charge is -2.43. The molecular formula is C27H37N5O4. The standard InChI is InChI=1S/C27H37N5O4/c1-4-6-15-36-21-13-11-19(12-14-21)17-28-24(33)22-16-23-25(34)31(5-2)27(3,18-32(23)30-22)26(35)29-20-9-7-8-10-20/h11-14,16,20H,4-10,15,17-18H2,1-3H3,(H,28,33)(H,29,35)/t27-/m1/s1. The van der Waals surface area contributed by atoms with Gasteiger partial charge in [0.05, 0.1) is 13.2 Å². The van der Waals surface area contributed by atoms with E-state index in [9.17, 15) is 14.4 Å². The second-order valence-electron chi connectivity index (χ2n) is 9.88. The third kappa shape index (κ3) is 5.39. The van der Waals surface area contributed by atoms with E-state index in [0.717, 1.165) is 49.8 Å². The maximum Gasteiger partial charge on any atom is 0.273 e. The maximum absolute atomic E-state index is 13.3. The van der Waals surface area contributed by atoms with E-state index in [-0.39, 0.29) is 36.0 Å². The minimum atomic E-state index is -1.07. The first-order valence-corrected chi connectivity index (χ1v) is 13.1. The van der Waals surface area contributed by atoms with Gasteiger partial charge < -0.3 is 20.3 Å². The molecule has 194 valence electrons. The normalized spacial score (nSPS) is 19.8. The Morgan fingerprint density at radius 2 is 1.89 bits per heavy atom. The number of hydrogen-bond acceptors (Lipinski definition) is 5. The lowest BCUT2D eigenvalue weighted by Crippen LogP contribution is -2.64. The Labute approximate surface area is 212 Å². The molecule has 4 rings (SSSR count). The first-order chi connectivity index (χ1) is 17.4. The van der Waals surface area contributed by atoms with Crippen LogP contribution in [0.4, 0.5) is 0 Å². The van der Waals surface area contributed by atoms with Crippen molar-refractivity contribution in [3.63, 3.8) is 0 Å². The number of likely N-dealkylation sites (N-methyl/N-ethyl adjacent to an activating group) is 1. The predicted octanol–water partition coefficient (Wildman–Crippen LogP) is 3.29. The summed E-state index contributed by atoms with van der Waals surface area (Å²) < 4.78 is 7.18.